The number of terminal acetylenes is 1. The Hall–Kier alpha value is -2.94. The SMILES string of the molecule is C#Cc1cc(C(F)(F)F)ccc1NC(=O)OCc1ccccc1. The van der Waals surface area contributed by atoms with Crippen LogP contribution < -0.4 is 5.32 Å². The molecule has 0 spiro atoms. The summed E-state index contributed by atoms with van der Waals surface area (Å²) in [5.74, 6) is 2.12. The van der Waals surface area contributed by atoms with Crippen LogP contribution in [0, 0.1) is 12.3 Å². The predicted octanol–water partition coefficient (Wildman–Crippen LogP) is 4.44. The van der Waals surface area contributed by atoms with Gasteiger partial charge in [-0.25, -0.2) is 4.79 Å². The molecule has 0 aliphatic rings. The predicted molar refractivity (Wildman–Crippen MR) is 79.6 cm³/mol. The van der Waals surface area contributed by atoms with E-state index in [1.165, 1.54) is 0 Å². The average Bonchev–Trinajstić information content (AvgIpc) is 2.53. The fraction of sp³-hybridized carbons (Fsp3) is 0.118. The highest BCUT2D eigenvalue weighted by Gasteiger charge is 2.31. The van der Waals surface area contributed by atoms with Crippen molar-refractivity contribution in [3.05, 3.63) is 65.2 Å². The van der Waals surface area contributed by atoms with E-state index in [0.717, 1.165) is 23.8 Å². The van der Waals surface area contributed by atoms with E-state index in [0.29, 0.717) is 0 Å². The Bertz CT molecular complexity index is 734. The number of alkyl halides is 3. The van der Waals surface area contributed by atoms with Crippen LogP contribution >= 0.6 is 0 Å². The van der Waals surface area contributed by atoms with Crippen molar-refractivity contribution >= 4 is 11.8 Å². The van der Waals surface area contributed by atoms with Gasteiger partial charge in [-0.05, 0) is 23.8 Å². The van der Waals surface area contributed by atoms with Crippen LogP contribution in [-0.2, 0) is 17.5 Å². The maximum absolute atomic E-state index is 12.6. The van der Waals surface area contributed by atoms with Crippen molar-refractivity contribution in [2.45, 2.75) is 12.8 Å². The first kappa shape index (κ1) is 16.4. The van der Waals surface area contributed by atoms with Gasteiger partial charge < -0.3 is 4.74 Å². The van der Waals surface area contributed by atoms with E-state index < -0.39 is 17.8 Å². The monoisotopic (exact) mass is 319 g/mol. The van der Waals surface area contributed by atoms with Crippen molar-refractivity contribution in [1.82, 2.24) is 0 Å². The van der Waals surface area contributed by atoms with Gasteiger partial charge in [0.1, 0.15) is 6.61 Å². The molecule has 23 heavy (non-hydrogen) atoms. The van der Waals surface area contributed by atoms with Crippen molar-refractivity contribution < 1.29 is 22.7 Å². The first-order chi connectivity index (χ1) is 10.9. The fourth-order valence-corrected chi connectivity index (χ4v) is 1.82. The van der Waals surface area contributed by atoms with E-state index >= 15 is 0 Å². The second kappa shape index (κ2) is 6.88. The maximum atomic E-state index is 12.6. The Labute approximate surface area is 131 Å². The molecule has 118 valence electrons. The molecule has 2 aromatic carbocycles. The van der Waals surface area contributed by atoms with Gasteiger partial charge >= 0.3 is 12.3 Å². The molecule has 1 N–H and O–H groups in total. The number of carbonyl (C=O) groups excluding carboxylic acids is 1. The number of halogens is 3. The zero-order valence-corrected chi connectivity index (χ0v) is 11.9. The summed E-state index contributed by atoms with van der Waals surface area (Å²) in [7, 11) is 0. The van der Waals surface area contributed by atoms with E-state index in [4.69, 9.17) is 11.2 Å². The number of carbonyl (C=O) groups is 1. The van der Waals surface area contributed by atoms with Gasteiger partial charge in [-0.2, -0.15) is 13.2 Å². The van der Waals surface area contributed by atoms with Crippen LogP contribution in [0.5, 0.6) is 0 Å². The normalized spacial score (nSPS) is 10.7. The summed E-state index contributed by atoms with van der Waals surface area (Å²) in [6, 6.07) is 11.7. The molecule has 1 amide bonds. The highest BCUT2D eigenvalue weighted by molar-refractivity contribution is 5.86. The standard InChI is InChI=1S/C17H12F3NO2/c1-2-13-10-14(17(18,19)20)8-9-15(13)21-16(22)23-11-12-6-4-3-5-7-12/h1,3-10H,11H2,(H,21,22). The minimum atomic E-state index is -4.50. The molecule has 0 aliphatic carbocycles. The number of anilines is 1. The summed E-state index contributed by atoms with van der Waals surface area (Å²) in [4.78, 5) is 11.7. The van der Waals surface area contributed by atoms with Gasteiger partial charge in [0, 0.05) is 5.56 Å². The van der Waals surface area contributed by atoms with Crippen LogP contribution in [0.15, 0.2) is 48.5 Å². The van der Waals surface area contributed by atoms with Crippen LogP contribution in [0.2, 0.25) is 0 Å². The van der Waals surface area contributed by atoms with Gasteiger partial charge in [-0.1, -0.05) is 36.3 Å². The molecule has 0 aliphatic heterocycles. The number of ether oxygens (including phenoxy) is 1. The largest absolute Gasteiger partial charge is 0.444 e. The van der Waals surface area contributed by atoms with Gasteiger partial charge in [0.05, 0.1) is 11.3 Å². The number of rotatable bonds is 3. The quantitative estimate of drug-likeness (QED) is 0.850. The number of hydrogen-bond acceptors (Lipinski definition) is 2. The summed E-state index contributed by atoms with van der Waals surface area (Å²) in [6.45, 7) is 0.0404. The molecule has 2 rings (SSSR count). The fourth-order valence-electron chi connectivity index (χ4n) is 1.82. The first-order valence-corrected chi connectivity index (χ1v) is 6.55. The molecule has 6 heteroatoms. The van der Waals surface area contributed by atoms with Crippen molar-refractivity contribution in [2.75, 3.05) is 5.32 Å². The summed E-state index contributed by atoms with van der Waals surface area (Å²) >= 11 is 0. The summed E-state index contributed by atoms with van der Waals surface area (Å²) < 4.78 is 42.9. The molecular formula is C17H12F3NO2. The van der Waals surface area contributed by atoms with Gasteiger partial charge in [-0.15, -0.1) is 6.42 Å². The van der Waals surface area contributed by atoms with Crippen LogP contribution in [0.3, 0.4) is 0 Å². The second-order valence-corrected chi connectivity index (χ2v) is 4.59. The lowest BCUT2D eigenvalue weighted by atomic mass is 10.1. The van der Waals surface area contributed by atoms with E-state index in [2.05, 4.69) is 11.2 Å². The molecular weight excluding hydrogens is 307 g/mol. The van der Waals surface area contributed by atoms with E-state index in [9.17, 15) is 18.0 Å². The van der Waals surface area contributed by atoms with Gasteiger partial charge in [-0.3, -0.25) is 5.32 Å². The van der Waals surface area contributed by atoms with Crippen molar-refractivity contribution in [1.29, 1.82) is 0 Å². The summed E-state index contributed by atoms with van der Waals surface area (Å²) in [6.07, 6.45) is -0.109. The van der Waals surface area contributed by atoms with Crippen molar-refractivity contribution in [3.63, 3.8) is 0 Å². The summed E-state index contributed by atoms with van der Waals surface area (Å²) in [5.41, 5.74) is -0.0871. The van der Waals surface area contributed by atoms with Gasteiger partial charge in [0.15, 0.2) is 0 Å². The minimum Gasteiger partial charge on any atom is -0.444 e. The molecule has 0 unspecified atom stereocenters. The zero-order valence-electron chi connectivity index (χ0n) is 11.9. The number of amides is 1. The van der Waals surface area contributed by atoms with Crippen molar-refractivity contribution in [2.24, 2.45) is 0 Å². The van der Waals surface area contributed by atoms with Crippen LogP contribution in [-0.4, -0.2) is 6.09 Å². The van der Waals surface area contributed by atoms with Crippen LogP contribution in [0.25, 0.3) is 0 Å². The Balaban J connectivity index is 2.05. The Kier molecular flexibility index (Phi) is 4.91. The second-order valence-electron chi connectivity index (χ2n) is 4.59. The molecule has 0 fully saturated rings. The molecule has 0 radical (unpaired) electrons. The highest BCUT2D eigenvalue weighted by Crippen LogP contribution is 2.31. The Morgan fingerprint density at radius 3 is 2.48 bits per heavy atom. The third-order valence-corrected chi connectivity index (χ3v) is 2.95. The molecule has 0 bridgehead atoms. The number of benzene rings is 2. The van der Waals surface area contributed by atoms with Crippen LogP contribution in [0.1, 0.15) is 16.7 Å². The minimum absolute atomic E-state index is 0.0404. The molecule has 2 aromatic rings. The number of nitrogens with one attached hydrogen (secondary N) is 1. The first-order valence-electron chi connectivity index (χ1n) is 6.55. The molecule has 0 saturated carbocycles. The average molecular weight is 319 g/mol. The number of hydrogen-bond donors (Lipinski definition) is 1. The molecule has 3 nitrogen and oxygen atoms in total. The third kappa shape index (κ3) is 4.51. The molecule has 0 heterocycles. The smallest absolute Gasteiger partial charge is 0.416 e. The van der Waals surface area contributed by atoms with Gasteiger partial charge in [0.2, 0.25) is 0 Å². The van der Waals surface area contributed by atoms with Crippen LogP contribution in [0.4, 0.5) is 23.7 Å². The Morgan fingerprint density at radius 1 is 1.17 bits per heavy atom. The lowest BCUT2D eigenvalue weighted by Gasteiger charge is -2.12. The summed E-state index contributed by atoms with van der Waals surface area (Å²) in [5, 5.41) is 2.34. The molecule has 0 aromatic heterocycles. The zero-order chi connectivity index (χ0) is 16.9. The highest BCUT2D eigenvalue weighted by atomic mass is 19.4. The van der Waals surface area contributed by atoms with Gasteiger partial charge in [0.25, 0.3) is 0 Å². The molecule has 0 saturated heterocycles. The third-order valence-electron chi connectivity index (χ3n) is 2.95. The lowest BCUT2D eigenvalue weighted by Crippen LogP contribution is -2.15. The van der Waals surface area contributed by atoms with Crippen molar-refractivity contribution in [3.8, 4) is 12.3 Å². The topological polar surface area (TPSA) is 38.3 Å². The van der Waals surface area contributed by atoms with E-state index in [1.807, 2.05) is 6.07 Å². The van der Waals surface area contributed by atoms with E-state index in [1.54, 1.807) is 24.3 Å². The Morgan fingerprint density at radius 2 is 1.87 bits per heavy atom. The maximum Gasteiger partial charge on any atom is 0.416 e. The van der Waals surface area contributed by atoms with E-state index in [-0.39, 0.29) is 17.9 Å². The molecule has 0 atom stereocenters. The lowest BCUT2D eigenvalue weighted by molar-refractivity contribution is -0.137.